The van der Waals surface area contributed by atoms with Crippen molar-refractivity contribution < 1.29 is 19.4 Å². The van der Waals surface area contributed by atoms with E-state index in [1.165, 1.54) is 12.8 Å². The van der Waals surface area contributed by atoms with Crippen LogP contribution in [-0.2, 0) is 18.3 Å². The van der Waals surface area contributed by atoms with E-state index in [-0.39, 0.29) is 42.9 Å². The van der Waals surface area contributed by atoms with Crippen molar-refractivity contribution in [2.45, 2.75) is 45.3 Å². The number of aromatic nitrogens is 1. The lowest BCUT2D eigenvalue weighted by Gasteiger charge is -2.38. The SMILES string of the molecule is C[C@H]1CN([C@@H](C)CO)C(=O)c2cc(NC(=O)Cc3cn(C)c4ccccc34)ccc2O[C@H]1CN(C)CC1CC1. The quantitative estimate of drug-likeness (QED) is 0.436. The number of aliphatic hydroxyl groups excluding tert-OH is 1. The molecule has 0 saturated heterocycles. The molecule has 39 heavy (non-hydrogen) atoms. The number of aryl methyl sites for hydroxylation is 1. The van der Waals surface area contributed by atoms with Gasteiger partial charge in [-0.2, -0.15) is 0 Å². The van der Waals surface area contributed by atoms with E-state index >= 15 is 0 Å². The number of aliphatic hydroxyl groups is 1. The predicted molar refractivity (Wildman–Crippen MR) is 153 cm³/mol. The summed E-state index contributed by atoms with van der Waals surface area (Å²) in [5, 5.41) is 13.9. The molecule has 1 fully saturated rings. The molecule has 8 nitrogen and oxygen atoms in total. The Kier molecular flexibility index (Phi) is 7.96. The Morgan fingerprint density at radius 1 is 1.21 bits per heavy atom. The molecule has 5 rings (SSSR count). The zero-order chi connectivity index (χ0) is 27.7. The highest BCUT2D eigenvalue weighted by atomic mass is 16.5. The number of likely N-dealkylation sites (N-methyl/N-ethyl adjacent to an activating group) is 1. The normalized spacial score (nSPS) is 20.4. The summed E-state index contributed by atoms with van der Waals surface area (Å²) in [6, 6.07) is 13.0. The summed E-state index contributed by atoms with van der Waals surface area (Å²) in [4.78, 5) is 30.8. The number of nitrogens with zero attached hydrogens (tertiary/aromatic N) is 3. The van der Waals surface area contributed by atoms with Crippen LogP contribution in [0.5, 0.6) is 5.75 Å². The number of hydrogen-bond acceptors (Lipinski definition) is 5. The molecule has 0 unspecified atom stereocenters. The molecule has 208 valence electrons. The first-order valence-electron chi connectivity index (χ1n) is 14.0. The third kappa shape index (κ3) is 6.12. The minimum absolute atomic E-state index is 0.0813. The molecule has 2 amide bonds. The lowest BCUT2D eigenvalue weighted by Crippen LogP contribution is -2.50. The Bertz CT molecular complexity index is 1350. The minimum Gasteiger partial charge on any atom is -0.488 e. The first-order valence-corrected chi connectivity index (χ1v) is 14.0. The number of para-hydroxylation sites is 1. The van der Waals surface area contributed by atoms with Gasteiger partial charge in [0.15, 0.2) is 0 Å². The maximum absolute atomic E-state index is 13.7. The molecule has 0 radical (unpaired) electrons. The second-order valence-corrected chi connectivity index (χ2v) is 11.5. The van der Waals surface area contributed by atoms with Crippen molar-refractivity contribution in [1.29, 1.82) is 0 Å². The monoisotopic (exact) mass is 532 g/mol. The van der Waals surface area contributed by atoms with Crippen LogP contribution in [0.15, 0.2) is 48.7 Å². The second kappa shape index (κ2) is 11.4. The van der Waals surface area contributed by atoms with Gasteiger partial charge in [-0.15, -0.1) is 0 Å². The summed E-state index contributed by atoms with van der Waals surface area (Å²) in [6.07, 6.45) is 4.68. The van der Waals surface area contributed by atoms with E-state index in [1.54, 1.807) is 23.1 Å². The molecular formula is C31H40N4O4. The summed E-state index contributed by atoms with van der Waals surface area (Å²) < 4.78 is 8.52. The molecule has 1 aliphatic heterocycles. The Morgan fingerprint density at radius 2 is 1.97 bits per heavy atom. The number of carbonyl (C=O) groups is 2. The van der Waals surface area contributed by atoms with E-state index < -0.39 is 0 Å². The number of ether oxygens (including phenoxy) is 1. The van der Waals surface area contributed by atoms with Crippen LogP contribution in [0.1, 0.15) is 42.6 Å². The number of rotatable bonds is 9. The van der Waals surface area contributed by atoms with E-state index in [2.05, 4.69) is 24.2 Å². The van der Waals surface area contributed by atoms with Crippen LogP contribution >= 0.6 is 0 Å². The molecule has 0 spiro atoms. The van der Waals surface area contributed by atoms with Crippen LogP contribution in [0.25, 0.3) is 10.9 Å². The van der Waals surface area contributed by atoms with Crippen LogP contribution in [0.2, 0.25) is 0 Å². The smallest absolute Gasteiger partial charge is 0.258 e. The zero-order valence-corrected chi connectivity index (χ0v) is 23.4. The fraction of sp³-hybridized carbons (Fsp3) is 0.484. The van der Waals surface area contributed by atoms with Crippen molar-refractivity contribution >= 4 is 28.4 Å². The molecule has 1 saturated carbocycles. The summed E-state index contributed by atoms with van der Waals surface area (Å²) in [6.45, 7) is 6.14. The molecule has 2 heterocycles. The van der Waals surface area contributed by atoms with Crippen LogP contribution < -0.4 is 10.1 Å². The standard InChI is InChI=1S/C31H40N4O4/c1-20-15-35(21(2)19-36)31(38)26-14-24(11-12-28(26)39-29(20)18-33(3)16-22-9-10-22)32-30(37)13-23-17-34(4)27-8-6-5-7-25(23)27/h5-8,11-12,14,17,20-22,29,36H,9-10,13,15-16,18-19H2,1-4H3,(H,32,37)/t20-,21-,29-/m0/s1. The lowest BCUT2D eigenvalue weighted by atomic mass is 9.99. The fourth-order valence-corrected chi connectivity index (χ4v) is 5.59. The number of anilines is 1. The second-order valence-electron chi connectivity index (χ2n) is 11.5. The number of benzene rings is 2. The van der Waals surface area contributed by atoms with Crippen molar-refractivity contribution in [2.75, 3.05) is 38.6 Å². The van der Waals surface area contributed by atoms with Gasteiger partial charge >= 0.3 is 0 Å². The molecule has 3 aromatic rings. The Labute approximate surface area is 230 Å². The van der Waals surface area contributed by atoms with Gasteiger partial charge in [0.1, 0.15) is 11.9 Å². The average molecular weight is 533 g/mol. The number of carbonyl (C=O) groups excluding carboxylic acids is 2. The first-order chi connectivity index (χ1) is 18.7. The van der Waals surface area contributed by atoms with Crippen LogP contribution in [0, 0.1) is 11.8 Å². The predicted octanol–water partition coefficient (Wildman–Crippen LogP) is 3.92. The summed E-state index contributed by atoms with van der Waals surface area (Å²) in [7, 11) is 4.10. The molecule has 3 atom stereocenters. The van der Waals surface area contributed by atoms with Crippen LogP contribution in [0.4, 0.5) is 5.69 Å². The third-order valence-corrected chi connectivity index (χ3v) is 8.04. The summed E-state index contributed by atoms with van der Waals surface area (Å²) >= 11 is 0. The number of fused-ring (bicyclic) bond motifs is 2. The van der Waals surface area contributed by atoms with Gasteiger partial charge in [-0.3, -0.25) is 9.59 Å². The van der Waals surface area contributed by atoms with Gasteiger partial charge in [-0.25, -0.2) is 0 Å². The van der Waals surface area contributed by atoms with Crippen molar-refractivity contribution in [1.82, 2.24) is 14.4 Å². The van der Waals surface area contributed by atoms with E-state index in [4.69, 9.17) is 4.74 Å². The van der Waals surface area contributed by atoms with Gasteiger partial charge in [0.2, 0.25) is 5.91 Å². The minimum atomic E-state index is -0.333. The fourth-order valence-electron chi connectivity index (χ4n) is 5.59. The average Bonchev–Trinajstić information content (AvgIpc) is 3.68. The zero-order valence-electron chi connectivity index (χ0n) is 23.4. The number of amides is 2. The largest absolute Gasteiger partial charge is 0.488 e. The molecule has 1 aliphatic carbocycles. The molecular weight excluding hydrogens is 492 g/mol. The van der Waals surface area contributed by atoms with Gasteiger partial charge in [0, 0.05) is 55.4 Å². The van der Waals surface area contributed by atoms with E-state index in [1.807, 2.05) is 49.0 Å². The highest BCUT2D eigenvalue weighted by Gasteiger charge is 2.34. The number of hydrogen-bond donors (Lipinski definition) is 2. The molecule has 2 aliphatic rings. The third-order valence-electron chi connectivity index (χ3n) is 8.04. The Hall–Kier alpha value is -3.36. The molecule has 8 heteroatoms. The lowest BCUT2D eigenvalue weighted by molar-refractivity contribution is -0.115. The van der Waals surface area contributed by atoms with Gasteiger partial charge in [-0.05, 0) is 62.6 Å². The van der Waals surface area contributed by atoms with Crippen molar-refractivity contribution in [2.24, 2.45) is 18.9 Å². The maximum atomic E-state index is 13.7. The van der Waals surface area contributed by atoms with Crippen molar-refractivity contribution in [3.05, 3.63) is 59.8 Å². The van der Waals surface area contributed by atoms with Gasteiger partial charge in [0.25, 0.3) is 5.91 Å². The Balaban J connectivity index is 1.38. The molecule has 0 bridgehead atoms. The van der Waals surface area contributed by atoms with Gasteiger partial charge in [0.05, 0.1) is 24.6 Å². The topological polar surface area (TPSA) is 87.0 Å². The van der Waals surface area contributed by atoms with E-state index in [9.17, 15) is 14.7 Å². The summed E-state index contributed by atoms with van der Waals surface area (Å²) in [5.41, 5.74) is 2.98. The van der Waals surface area contributed by atoms with Crippen molar-refractivity contribution in [3.8, 4) is 5.75 Å². The highest BCUT2D eigenvalue weighted by molar-refractivity contribution is 6.00. The molecule has 1 aromatic heterocycles. The highest BCUT2D eigenvalue weighted by Crippen LogP contribution is 2.32. The molecule has 2 N–H and O–H groups in total. The van der Waals surface area contributed by atoms with E-state index in [0.717, 1.165) is 35.5 Å². The van der Waals surface area contributed by atoms with Crippen molar-refractivity contribution in [3.63, 3.8) is 0 Å². The van der Waals surface area contributed by atoms with Gasteiger partial charge < -0.3 is 29.5 Å². The van der Waals surface area contributed by atoms with E-state index in [0.29, 0.717) is 23.5 Å². The van der Waals surface area contributed by atoms with Crippen LogP contribution in [-0.4, -0.2) is 76.7 Å². The Morgan fingerprint density at radius 3 is 2.72 bits per heavy atom. The maximum Gasteiger partial charge on any atom is 0.258 e. The van der Waals surface area contributed by atoms with Gasteiger partial charge in [-0.1, -0.05) is 25.1 Å². The van der Waals surface area contributed by atoms with Crippen LogP contribution in [0.3, 0.4) is 0 Å². The number of nitrogens with one attached hydrogen (secondary N) is 1. The summed E-state index contributed by atoms with van der Waals surface area (Å²) in [5.74, 6) is 1.02. The molecule has 2 aromatic carbocycles. The first kappa shape index (κ1) is 27.2.